The number of carbonyl (C=O) groups excluding carboxylic acids is 1. The number of hydrogen-bond donors (Lipinski definition) is 1. The highest BCUT2D eigenvalue weighted by Crippen LogP contribution is 2.35. The summed E-state index contributed by atoms with van der Waals surface area (Å²) in [6.07, 6.45) is 2.51. The SMILES string of the molecule is COc1cc(OC)c(NC(=O)CCCCCn2nnc3ccccc3c2=O)cc1Cl. The summed E-state index contributed by atoms with van der Waals surface area (Å²) in [5.41, 5.74) is 0.928. The first-order valence-electron chi connectivity index (χ1n) is 9.57. The van der Waals surface area contributed by atoms with E-state index in [1.165, 1.54) is 18.9 Å². The zero-order chi connectivity index (χ0) is 21.5. The second kappa shape index (κ2) is 10.1. The van der Waals surface area contributed by atoms with Crippen LogP contribution in [0.2, 0.25) is 5.02 Å². The van der Waals surface area contributed by atoms with Crippen LogP contribution in [0.25, 0.3) is 10.9 Å². The van der Waals surface area contributed by atoms with Crippen LogP contribution in [0.1, 0.15) is 25.7 Å². The van der Waals surface area contributed by atoms with E-state index in [0.717, 1.165) is 12.8 Å². The van der Waals surface area contributed by atoms with E-state index in [9.17, 15) is 9.59 Å². The molecule has 0 radical (unpaired) electrons. The van der Waals surface area contributed by atoms with Crippen molar-refractivity contribution in [2.24, 2.45) is 0 Å². The van der Waals surface area contributed by atoms with Gasteiger partial charge in [-0.1, -0.05) is 35.4 Å². The second-order valence-electron chi connectivity index (χ2n) is 6.68. The highest BCUT2D eigenvalue weighted by atomic mass is 35.5. The molecular formula is C21H23ClN4O4. The van der Waals surface area contributed by atoms with E-state index in [1.54, 1.807) is 30.3 Å². The number of ether oxygens (including phenoxy) is 2. The lowest BCUT2D eigenvalue weighted by atomic mass is 10.2. The van der Waals surface area contributed by atoms with Crippen LogP contribution in [0.4, 0.5) is 5.69 Å². The molecule has 0 saturated heterocycles. The molecule has 0 aliphatic heterocycles. The van der Waals surface area contributed by atoms with Gasteiger partial charge in [-0.3, -0.25) is 9.59 Å². The summed E-state index contributed by atoms with van der Waals surface area (Å²) < 4.78 is 11.8. The van der Waals surface area contributed by atoms with E-state index in [2.05, 4.69) is 15.6 Å². The van der Waals surface area contributed by atoms with Crippen LogP contribution >= 0.6 is 11.6 Å². The van der Waals surface area contributed by atoms with E-state index in [-0.39, 0.29) is 11.5 Å². The minimum Gasteiger partial charge on any atom is -0.495 e. The molecule has 1 amide bonds. The fourth-order valence-corrected chi connectivity index (χ4v) is 3.30. The molecule has 1 N–H and O–H groups in total. The number of halogens is 1. The number of unbranched alkanes of at least 4 members (excludes halogenated alkanes) is 2. The molecule has 3 aromatic rings. The number of methoxy groups -OCH3 is 2. The van der Waals surface area contributed by atoms with Crippen molar-refractivity contribution in [2.75, 3.05) is 19.5 Å². The van der Waals surface area contributed by atoms with Gasteiger partial charge in [0.2, 0.25) is 5.91 Å². The van der Waals surface area contributed by atoms with Crippen molar-refractivity contribution >= 4 is 34.1 Å². The number of fused-ring (bicyclic) bond motifs is 1. The first-order chi connectivity index (χ1) is 14.5. The molecule has 0 atom stereocenters. The Bertz CT molecular complexity index is 1100. The zero-order valence-corrected chi connectivity index (χ0v) is 17.6. The lowest BCUT2D eigenvalue weighted by molar-refractivity contribution is -0.116. The van der Waals surface area contributed by atoms with Crippen LogP contribution in [0, 0.1) is 0 Å². The average Bonchev–Trinajstić information content (AvgIpc) is 2.75. The highest BCUT2D eigenvalue weighted by Gasteiger charge is 2.12. The maximum absolute atomic E-state index is 12.4. The Morgan fingerprint density at radius 2 is 1.87 bits per heavy atom. The molecule has 0 spiro atoms. The van der Waals surface area contributed by atoms with E-state index >= 15 is 0 Å². The zero-order valence-electron chi connectivity index (χ0n) is 16.9. The minimum atomic E-state index is -0.151. The summed E-state index contributed by atoms with van der Waals surface area (Å²) in [6.45, 7) is 0.459. The van der Waals surface area contributed by atoms with Gasteiger partial charge in [0.05, 0.1) is 30.3 Å². The fourth-order valence-electron chi connectivity index (χ4n) is 3.06. The second-order valence-corrected chi connectivity index (χ2v) is 7.09. The van der Waals surface area contributed by atoms with Crippen molar-refractivity contribution in [3.8, 4) is 11.5 Å². The first kappa shape index (κ1) is 21.6. The normalized spacial score (nSPS) is 10.8. The van der Waals surface area contributed by atoms with Crippen LogP contribution in [0.15, 0.2) is 41.2 Å². The number of hydrogen-bond acceptors (Lipinski definition) is 6. The summed E-state index contributed by atoms with van der Waals surface area (Å²) in [5, 5.41) is 11.8. The summed E-state index contributed by atoms with van der Waals surface area (Å²) in [7, 11) is 3.02. The third-order valence-electron chi connectivity index (χ3n) is 4.65. The van der Waals surface area contributed by atoms with Crippen molar-refractivity contribution in [2.45, 2.75) is 32.2 Å². The van der Waals surface area contributed by atoms with Gasteiger partial charge in [-0.2, -0.15) is 0 Å². The van der Waals surface area contributed by atoms with E-state index < -0.39 is 0 Å². The van der Waals surface area contributed by atoms with Crippen molar-refractivity contribution < 1.29 is 14.3 Å². The lowest BCUT2D eigenvalue weighted by Crippen LogP contribution is -2.24. The quantitative estimate of drug-likeness (QED) is 0.520. The van der Waals surface area contributed by atoms with Crippen LogP contribution < -0.4 is 20.3 Å². The Morgan fingerprint density at radius 3 is 2.63 bits per heavy atom. The molecule has 8 nitrogen and oxygen atoms in total. The number of aryl methyl sites for hydroxylation is 1. The van der Waals surface area contributed by atoms with Crippen LogP contribution in [-0.2, 0) is 11.3 Å². The molecule has 1 aromatic heterocycles. The molecule has 2 aromatic carbocycles. The average molecular weight is 431 g/mol. The number of carbonyl (C=O) groups is 1. The fraction of sp³-hybridized carbons (Fsp3) is 0.333. The first-order valence-corrected chi connectivity index (χ1v) is 9.95. The van der Waals surface area contributed by atoms with Gasteiger partial charge in [-0.15, -0.1) is 5.10 Å². The van der Waals surface area contributed by atoms with Gasteiger partial charge in [0.25, 0.3) is 5.56 Å². The molecule has 0 fully saturated rings. The van der Waals surface area contributed by atoms with E-state index in [1.807, 2.05) is 6.07 Å². The summed E-state index contributed by atoms with van der Waals surface area (Å²) in [5.74, 6) is 0.801. The van der Waals surface area contributed by atoms with E-state index in [4.69, 9.17) is 21.1 Å². The predicted molar refractivity (Wildman–Crippen MR) is 115 cm³/mol. The van der Waals surface area contributed by atoms with Gasteiger partial charge in [-0.25, -0.2) is 4.68 Å². The highest BCUT2D eigenvalue weighted by molar-refractivity contribution is 6.32. The molecule has 0 bridgehead atoms. The molecule has 0 aliphatic rings. The standard InChI is InChI=1S/C21H23ClN4O4/c1-29-18-13-19(30-2)17(12-15(18)22)23-20(27)10-4-3-7-11-26-21(28)14-8-5-6-9-16(14)24-25-26/h5-6,8-9,12-13H,3-4,7,10-11H2,1-2H3,(H,23,27). The third-order valence-corrected chi connectivity index (χ3v) is 4.95. The third kappa shape index (κ3) is 5.07. The van der Waals surface area contributed by atoms with Crippen molar-refractivity contribution in [1.82, 2.24) is 15.0 Å². The topological polar surface area (TPSA) is 95.3 Å². The molecular weight excluding hydrogens is 408 g/mol. The molecule has 0 saturated carbocycles. The van der Waals surface area contributed by atoms with Crippen molar-refractivity contribution in [3.05, 3.63) is 51.8 Å². The van der Waals surface area contributed by atoms with Gasteiger partial charge in [0.1, 0.15) is 17.0 Å². The van der Waals surface area contributed by atoms with Gasteiger partial charge >= 0.3 is 0 Å². The summed E-state index contributed by atoms with van der Waals surface area (Å²) >= 11 is 6.12. The lowest BCUT2D eigenvalue weighted by Gasteiger charge is -2.13. The van der Waals surface area contributed by atoms with Gasteiger partial charge in [0.15, 0.2) is 0 Å². The molecule has 1 heterocycles. The van der Waals surface area contributed by atoms with Crippen LogP contribution in [0.3, 0.4) is 0 Å². The maximum Gasteiger partial charge on any atom is 0.277 e. The Morgan fingerprint density at radius 1 is 1.10 bits per heavy atom. The Labute approximate surface area is 178 Å². The Kier molecular flexibility index (Phi) is 7.24. The smallest absolute Gasteiger partial charge is 0.277 e. The maximum atomic E-state index is 12.4. The monoisotopic (exact) mass is 430 g/mol. The molecule has 0 aliphatic carbocycles. The van der Waals surface area contributed by atoms with Gasteiger partial charge in [-0.05, 0) is 31.0 Å². The minimum absolute atomic E-state index is 0.141. The van der Waals surface area contributed by atoms with Crippen molar-refractivity contribution in [3.63, 3.8) is 0 Å². The van der Waals surface area contributed by atoms with E-state index in [0.29, 0.717) is 52.5 Å². The number of anilines is 1. The number of nitrogens with zero attached hydrogens (tertiary/aromatic N) is 3. The van der Waals surface area contributed by atoms with Gasteiger partial charge in [0, 0.05) is 19.0 Å². The number of aromatic nitrogens is 3. The predicted octanol–water partition coefficient (Wildman–Crippen LogP) is 3.66. The number of rotatable bonds is 9. The Hall–Kier alpha value is -3.13. The molecule has 30 heavy (non-hydrogen) atoms. The largest absolute Gasteiger partial charge is 0.495 e. The molecule has 3 rings (SSSR count). The molecule has 0 unspecified atom stereocenters. The van der Waals surface area contributed by atoms with Gasteiger partial charge < -0.3 is 14.8 Å². The molecule has 9 heteroatoms. The summed E-state index contributed by atoms with van der Waals surface area (Å²) in [4.78, 5) is 24.7. The van der Waals surface area contributed by atoms with Crippen LogP contribution in [0.5, 0.6) is 11.5 Å². The van der Waals surface area contributed by atoms with Crippen LogP contribution in [-0.4, -0.2) is 35.1 Å². The number of nitrogens with one attached hydrogen (secondary N) is 1. The number of amides is 1. The summed E-state index contributed by atoms with van der Waals surface area (Å²) in [6, 6.07) is 10.4. The Balaban J connectivity index is 1.48. The van der Waals surface area contributed by atoms with Crippen molar-refractivity contribution in [1.29, 1.82) is 0 Å². The number of benzene rings is 2. The molecule has 158 valence electrons.